The molecule has 0 saturated heterocycles. The van der Waals surface area contributed by atoms with E-state index in [1.54, 1.807) is 7.05 Å². The molecule has 0 aliphatic rings. The van der Waals surface area contributed by atoms with Gasteiger partial charge in [0.05, 0.1) is 0 Å². The summed E-state index contributed by atoms with van der Waals surface area (Å²) in [4.78, 5) is 15.8. The van der Waals surface area contributed by atoms with Crippen LogP contribution in [0.2, 0.25) is 0 Å². The number of benzene rings is 1. The minimum absolute atomic E-state index is 0.0643. The fraction of sp³-hybridized carbons (Fsp3) is 0.556. The van der Waals surface area contributed by atoms with Crippen molar-refractivity contribution in [3.8, 4) is 0 Å². The smallest absolute Gasteiger partial charge is 0.224 e. The summed E-state index contributed by atoms with van der Waals surface area (Å²) in [6.07, 6.45) is 5.91. The second-order valence-corrected chi connectivity index (χ2v) is 6.53. The van der Waals surface area contributed by atoms with Crippen LogP contribution in [0.5, 0.6) is 0 Å². The first-order chi connectivity index (χ1) is 11.7. The average molecular weight is 351 g/mol. The maximum atomic E-state index is 11.6. The zero-order valence-corrected chi connectivity index (χ0v) is 15.8. The minimum Gasteiger partial charge on any atom is -0.356 e. The van der Waals surface area contributed by atoms with Crippen molar-refractivity contribution in [2.75, 3.05) is 30.9 Å². The van der Waals surface area contributed by atoms with Gasteiger partial charge in [0.25, 0.3) is 0 Å². The number of aliphatic imine (C=N–C) groups is 1. The van der Waals surface area contributed by atoms with E-state index in [4.69, 9.17) is 0 Å². The molecular formula is C18H30N4OS. The van der Waals surface area contributed by atoms with Crippen LogP contribution in [0.4, 0.5) is 5.69 Å². The molecule has 1 aromatic rings. The maximum absolute atomic E-state index is 11.6. The Morgan fingerprint density at radius 2 is 1.92 bits per heavy atom. The molecule has 0 unspecified atom stereocenters. The Hall–Kier alpha value is -1.69. The van der Waals surface area contributed by atoms with Crippen molar-refractivity contribution in [3.63, 3.8) is 0 Å². The Morgan fingerprint density at radius 1 is 1.17 bits per heavy atom. The summed E-state index contributed by atoms with van der Waals surface area (Å²) < 4.78 is 0. The topological polar surface area (TPSA) is 65.5 Å². The molecule has 1 amide bonds. The molecule has 24 heavy (non-hydrogen) atoms. The Bertz CT molecular complexity index is 502. The quantitative estimate of drug-likeness (QED) is 0.344. The number of amides is 1. The van der Waals surface area contributed by atoms with Crippen molar-refractivity contribution in [2.24, 2.45) is 4.99 Å². The van der Waals surface area contributed by atoms with Crippen molar-refractivity contribution in [1.29, 1.82) is 0 Å². The highest BCUT2D eigenvalue weighted by Gasteiger charge is 2.02. The van der Waals surface area contributed by atoms with Gasteiger partial charge in [-0.25, -0.2) is 0 Å². The SMILES string of the molecule is CCCC(=O)Nc1ccc(CNC(=NC)NCCCCSC)cc1. The Labute approximate surface area is 150 Å². The molecule has 3 N–H and O–H groups in total. The highest BCUT2D eigenvalue weighted by Crippen LogP contribution is 2.10. The van der Waals surface area contributed by atoms with E-state index in [1.165, 1.54) is 12.2 Å². The van der Waals surface area contributed by atoms with E-state index < -0.39 is 0 Å². The van der Waals surface area contributed by atoms with E-state index in [1.807, 2.05) is 43.0 Å². The van der Waals surface area contributed by atoms with E-state index in [9.17, 15) is 4.79 Å². The molecule has 0 atom stereocenters. The number of anilines is 1. The fourth-order valence-corrected chi connectivity index (χ4v) is 2.63. The van der Waals surface area contributed by atoms with E-state index in [0.29, 0.717) is 13.0 Å². The number of rotatable bonds is 10. The van der Waals surface area contributed by atoms with Crippen LogP contribution >= 0.6 is 11.8 Å². The number of hydrogen-bond acceptors (Lipinski definition) is 3. The van der Waals surface area contributed by atoms with Crippen LogP contribution in [0.3, 0.4) is 0 Å². The lowest BCUT2D eigenvalue weighted by Gasteiger charge is -2.12. The van der Waals surface area contributed by atoms with Crippen LogP contribution in [0, 0.1) is 0 Å². The molecular weight excluding hydrogens is 320 g/mol. The minimum atomic E-state index is 0.0643. The molecule has 0 aromatic heterocycles. The van der Waals surface area contributed by atoms with Gasteiger partial charge in [0.1, 0.15) is 0 Å². The lowest BCUT2D eigenvalue weighted by molar-refractivity contribution is -0.116. The van der Waals surface area contributed by atoms with Crippen LogP contribution in [-0.4, -0.2) is 37.5 Å². The van der Waals surface area contributed by atoms with Gasteiger partial charge < -0.3 is 16.0 Å². The Morgan fingerprint density at radius 3 is 2.54 bits per heavy atom. The highest BCUT2D eigenvalue weighted by atomic mass is 32.2. The van der Waals surface area contributed by atoms with Gasteiger partial charge in [0, 0.05) is 32.2 Å². The lowest BCUT2D eigenvalue weighted by Crippen LogP contribution is -2.37. The van der Waals surface area contributed by atoms with Gasteiger partial charge in [-0.15, -0.1) is 0 Å². The van der Waals surface area contributed by atoms with Crippen molar-refractivity contribution in [2.45, 2.75) is 39.2 Å². The second-order valence-electron chi connectivity index (χ2n) is 5.55. The van der Waals surface area contributed by atoms with E-state index in [2.05, 4.69) is 27.2 Å². The molecule has 6 heteroatoms. The van der Waals surface area contributed by atoms with Crippen LogP contribution in [0.1, 0.15) is 38.2 Å². The Balaban J connectivity index is 2.33. The van der Waals surface area contributed by atoms with Gasteiger partial charge in [-0.2, -0.15) is 11.8 Å². The molecule has 0 radical (unpaired) electrons. The average Bonchev–Trinajstić information content (AvgIpc) is 2.59. The predicted molar refractivity (Wildman–Crippen MR) is 106 cm³/mol. The van der Waals surface area contributed by atoms with E-state index >= 15 is 0 Å². The van der Waals surface area contributed by atoms with Crippen molar-refractivity contribution in [1.82, 2.24) is 10.6 Å². The third-order valence-electron chi connectivity index (χ3n) is 3.47. The van der Waals surface area contributed by atoms with Gasteiger partial charge in [0.2, 0.25) is 5.91 Å². The van der Waals surface area contributed by atoms with Crippen molar-refractivity contribution < 1.29 is 4.79 Å². The molecule has 0 heterocycles. The summed E-state index contributed by atoms with van der Waals surface area (Å²) in [5, 5.41) is 9.52. The van der Waals surface area contributed by atoms with Gasteiger partial charge in [-0.1, -0.05) is 19.1 Å². The highest BCUT2D eigenvalue weighted by molar-refractivity contribution is 7.98. The molecule has 1 rings (SSSR count). The zero-order valence-electron chi connectivity index (χ0n) is 15.0. The molecule has 0 fully saturated rings. The molecule has 1 aromatic carbocycles. The number of carbonyl (C=O) groups is 1. The number of carbonyl (C=O) groups excluding carboxylic acids is 1. The Kier molecular flexibility index (Phi) is 10.8. The summed E-state index contributed by atoms with van der Waals surface area (Å²) in [6.45, 7) is 3.63. The summed E-state index contributed by atoms with van der Waals surface area (Å²) >= 11 is 1.88. The molecule has 0 bridgehead atoms. The maximum Gasteiger partial charge on any atom is 0.224 e. The normalized spacial score (nSPS) is 11.2. The third kappa shape index (κ3) is 8.82. The van der Waals surface area contributed by atoms with E-state index in [0.717, 1.165) is 36.6 Å². The first-order valence-corrected chi connectivity index (χ1v) is 9.91. The van der Waals surface area contributed by atoms with Gasteiger partial charge in [0.15, 0.2) is 5.96 Å². The first kappa shape index (κ1) is 20.4. The number of thioether (sulfide) groups is 1. The molecule has 0 saturated carbocycles. The number of nitrogens with one attached hydrogen (secondary N) is 3. The molecule has 0 aliphatic carbocycles. The number of hydrogen-bond donors (Lipinski definition) is 3. The van der Waals surface area contributed by atoms with Gasteiger partial charge in [-0.05, 0) is 49.0 Å². The summed E-state index contributed by atoms with van der Waals surface area (Å²) in [5.74, 6) is 2.09. The molecule has 134 valence electrons. The van der Waals surface area contributed by atoms with E-state index in [-0.39, 0.29) is 5.91 Å². The van der Waals surface area contributed by atoms with Crippen molar-refractivity contribution >= 4 is 29.3 Å². The summed E-state index contributed by atoms with van der Waals surface area (Å²) in [6, 6.07) is 7.90. The fourth-order valence-electron chi connectivity index (χ4n) is 2.14. The number of nitrogens with zero attached hydrogens (tertiary/aromatic N) is 1. The predicted octanol–water partition coefficient (Wildman–Crippen LogP) is 3.23. The van der Waals surface area contributed by atoms with Crippen LogP contribution < -0.4 is 16.0 Å². The summed E-state index contributed by atoms with van der Waals surface area (Å²) in [5.41, 5.74) is 1.99. The van der Waals surface area contributed by atoms with Crippen LogP contribution in [0.25, 0.3) is 0 Å². The number of guanidine groups is 1. The third-order valence-corrected chi connectivity index (χ3v) is 4.16. The van der Waals surface area contributed by atoms with Crippen LogP contribution in [0.15, 0.2) is 29.3 Å². The molecule has 0 aliphatic heterocycles. The largest absolute Gasteiger partial charge is 0.356 e. The number of unbranched alkanes of at least 4 members (excludes halogenated alkanes) is 1. The standard InChI is InChI=1S/C18H30N4OS/c1-4-7-17(23)22-16-10-8-15(9-11-16)14-21-18(19-2)20-12-5-6-13-24-3/h8-11H,4-7,12-14H2,1-3H3,(H,22,23)(H2,19,20,21). The summed E-state index contributed by atoms with van der Waals surface area (Å²) in [7, 11) is 1.78. The van der Waals surface area contributed by atoms with Gasteiger partial charge >= 0.3 is 0 Å². The first-order valence-electron chi connectivity index (χ1n) is 8.51. The molecule has 5 nitrogen and oxygen atoms in total. The zero-order chi connectivity index (χ0) is 17.6. The second kappa shape index (κ2) is 12.7. The van der Waals surface area contributed by atoms with Crippen LogP contribution in [-0.2, 0) is 11.3 Å². The van der Waals surface area contributed by atoms with Crippen molar-refractivity contribution in [3.05, 3.63) is 29.8 Å². The van der Waals surface area contributed by atoms with Gasteiger partial charge in [-0.3, -0.25) is 9.79 Å². The monoisotopic (exact) mass is 350 g/mol. The lowest BCUT2D eigenvalue weighted by atomic mass is 10.2. The molecule has 0 spiro atoms.